The smallest absolute Gasteiger partial charge is 0.323 e. The van der Waals surface area contributed by atoms with Crippen LogP contribution in [0, 0.1) is 0 Å². The summed E-state index contributed by atoms with van der Waals surface area (Å²) in [6, 6.07) is 5.52. The predicted molar refractivity (Wildman–Crippen MR) is 74.9 cm³/mol. The van der Waals surface area contributed by atoms with E-state index in [2.05, 4.69) is 4.98 Å². The first-order valence-electron chi connectivity index (χ1n) is 5.99. The standard InChI is InChI=1S/C13H18N2O3S/c1-10(2)15(7-13(17)18)12(16)9-19-8-11-5-3-4-6-14-11/h3-6,10H,7-9H2,1-2H3,(H,17,18). The third-order valence-corrected chi connectivity index (χ3v) is 3.40. The summed E-state index contributed by atoms with van der Waals surface area (Å²) >= 11 is 1.44. The van der Waals surface area contributed by atoms with Gasteiger partial charge in [-0.15, -0.1) is 11.8 Å². The molecule has 1 heterocycles. The summed E-state index contributed by atoms with van der Waals surface area (Å²) in [5.41, 5.74) is 0.912. The van der Waals surface area contributed by atoms with E-state index in [0.717, 1.165) is 5.69 Å². The van der Waals surface area contributed by atoms with Crippen LogP contribution in [0.2, 0.25) is 0 Å². The number of carboxylic acid groups (broad SMARTS) is 1. The van der Waals surface area contributed by atoms with Crippen molar-refractivity contribution in [3.63, 3.8) is 0 Å². The van der Waals surface area contributed by atoms with E-state index in [1.165, 1.54) is 16.7 Å². The normalized spacial score (nSPS) is 10.5. The molecule has 0 atom stereocenters. The van der Waals surface area contributed by atoms with E-state index in [1.54, 1.807) is 6.20 Å². The number of carboxylic acids is 1. The lowest BCUT2D eigenvalue weighted by Gasteiger charge is -2.24. The van der Waals surface area contributed by atoms with Gasteiger partial charge in [-0.2, -0.15) is 0 Å². The molecule has 1 amide bonds. The molecule has 0 saturated heterocycles. The number of amides is 1. The largest absolute Gasteiger partial charge is 0.480 e. The summed E-state index contributed by atoms with van der Waals surface area (Å²) in [5.74, 6) is -0.233. The zero-order chi connectivity index (χ0) is 14.3. The van der Waals surface area contributed by atoms with Crippen LogP contribution in [0.25, 0.3) is 0 Å². The van der Waals surface area contributed by atoms with Gasteiger partial charge in [0.1, 0.15) is 6.54 Å². The Kier molecular flexibility index (Phi) is 6.35. The molecule has 0 aliphatic rings. The van der Waals surface area contributed by atoms with Crippen molar-refractivity contribution in [3.05, 3.63) is 30.1 Å². The highest BCUT2D eigenvalue weighted by Crippen LogP contribution is 2.11. The third-order valence-electron chi connectivity index (χ3n) is 2.45. The van der Waals surface area contributed by atoms with Gasteiger partial charge in [0.25, 0.3) is 0 Å². The Bertz CT molecular complexity index is 423. The number of thioether (sulfide) groups is 1. The zero-order valence-corrected chi connectivity index (χ0v) is 11.9. The van der Waals surface area contributed by atoms with Crippen molar-refractivity contribution in [1.82, 2.24) is 9.88 Å². The Morgan fingerprint density at radius 2 is 2.16 bits per heavy atom. The summed E-state index contributed by atoms with van der Waals surface area (Å²) in [7, 11) is 0. The summed E-state index contributed by atoms with van der Waals surface area (Å²) in [5, 5.41) is 8.77. The van der Waals surface area contributed by atoms with Gasteiger partial charge < -0.3 is 10.0 Å². The van der Waals surface area contributed by atoms with Crippen LogP contribution in [0.4, 0.5) is 0 Å². The van der Waals surface area contributed by atoms with Crippen LogP contribution in [0.3, 0.4) is 0 Å². The van der Waals surface area contributed by atoms with Crippen molar-refractivity contribution in [3.8, 4) is 0 Å². The van der Waals surface area contributed by atoms with E-state index >= 15 is 0 Å². The Balaban J connectivity index is 2.42. The monoisotopic (exact) mass is 282 g/mol. The second kappa shape index (κ2) is 7.78. The number of hydrogen-bond acceptors (Lipinski definition) is 4. The van der Waals surface area contributed by atoms with Crippen molar-refractivity contribution < 1.29 is 14.7 Å². The quantitative estimate of drug-likeness (QED) is 0.823. The second-order valence-electron chi connectivity index (χ2n) is 4.32. The van der Waals surface area contributed by atoms with Gasteiger partial charge >= 0.3 is 5.97 Å². The maximum atomic E-state index is 11.9. The molecule has 0 radical (unpaired) electrons. The van der Waals surface area contributed by atoms with E-state index < -0.39 is 5.97 Å². The van der Waals surface area contributed by atoms with E-state index in [1.807, 2.05) is 32.0 Å². The third kappa shape index (κ3) is 5.74. The molecule has 0 saturated carbocycles. The van der Waals surface area contributed by atoms with E-state index in [4.69, 9.17) is 5.11 Å². The fourth-order valence-electron chi connectivity index (χ4n) is 1.51. The first kappa shape index (κ1) is 15.5. The first-order valence-corrected chi connectivity index (χ1v) is 7.15. The fraction of sp³-hybridized carbons (Fsp3) is 0.462. The van der Waals surface area contributed by atoms with E-state index in [-0.39, 0.29) is 24.2 Å². The summed E-state index contributed by atoms with van der Waals surface area (Å²) in [4.78, 5) is 28.2. The van der Waals surface area contributed by atoms with Crippen LogP contribution >= 0.6 is 11.8 Å². The molecular weight excluding hydrogens is 264 g/mol. The number of nitrogens with zero attached hydrogens (tertiary/aromatic N) is 2. The van der Waals surface area contributed by atoms with Gasteiger partial charge in [0.15, 0.2) is 0 Å². The summed E-state index contributed by atoms with van der Waals surface area (Å²) in [6.45, 7) is 3.37. The minimum atomic E-state index is -0.989. The van der Waals surface area contributed by atoms with Gasteiger partial charge in [-0.05, 0) is 26.0 Å². The number of aromatic nitrogens is 1. The molecule has 0 unspecified atom stereocenters. The Morgan fingerprint density at radius 1 is 1.42 bits per heavy atom. The Hall–Kier alpha value is -1.56. The van der Waals surface area contributed by atoms with Crippen LogP contribution in [0.15, 0.2) is 24.4 Å². The minimum absolute atomic E-state index is 0.112. The van der Waals surface area contributed by atoms with E-state index in [9.17, 15) is 9.59 Å². The average Bonchev–Trinajstić information content (AvgIpc) is 2.36. The number of pyridine rings is 1. The summed E-state index contributed by atoms with van der Waals surface area (Å²) < 4.78 is 0. The number of carbonyl (C=O) groups is 2. The van der Waals surface area contributed by atoms with Gasteiger partial charge in [-0.3, -0.25) is 14.6 Å². The van der Waals surface area contributed by atoms with E-state index in [0.29, 0.717) is 5.75 Å². The van der Waals surface area contributed by atoms with Gasteiger partial charge in [0, 0.05) is 18.0 Å². The van der Waals surface area contributed by atoms with Crippen LogP contribution in [0.5, 0.6) is 0 Å². The molecule has 1 aromatic heterocycles. The molecular formula is C13H18N2O3S. The second-order valence-corrected chi connectivity index (χ2v) is 5.31. The van der Waals surface area contributed by atoms with Crippen LogP contribution in [-0.2, 0) is 15.3 Å². The molecule has 0 aliphatic heterocycles. The fourth-order valence-corrected chi connectivity index (χ4v) is 2.34. The molecule has 0 bridgehead atoms. The van der Waals surface area contributed by atoms with Crippen LogP contribution < -0.4 is 0 Å². The first-order chi connectivity index (χ1) is 9.00. The van der Waals surface area contributed by atoms with Crippen molar-refractivity contribution in [2.75, 3.05) is 12.3 Å². The molecule has 0 aliphatic carbocycles. The highest BCUT2D eigenvalue weighted by molar-refractivity contribution is 7.99. The lowest BCUT2D eigenvalue weighted by atomic mass is 10.3. The molecule has 1 rings (SSSR count). The molecule has 1 N–H and O–H groups in total. The predicted octanol–water partition coefficient (Wildman–Crippen LogP) is 1.64. The van der Waals surface area contributed by atoms with Crippen LogP contribution in [-0.4, -0.2) is 45.2 Å². The lowest BCUT2D eigenvalue weighted by Crippen LogP contribution is -2.41. The number of hydrogen-bond donors (Lipinski definition) is 1. The van der Waals surface area contributed by atoms with Crippen molar-refractivity contribution in [1.29, 1.82) is 0 Å². The van der Waals surface area contributed by atoms with Gasteiger partial charge in [0.2, 0.25) is 5.91 Å². The lowest BCUT2D eigenvalue weighted by molar-refractivity contribution is -0.144. The van der Waals surface area contributed by atoms with Crippen molar-refractivity contribution >= 4 is 23.6 Å². The topological polar surface area (TPSA) is 70.5 Å². The number of rotatable bonds is 7. The van der Waals surface area contributed by atoms with Gasteiger partial charge in [0.05, 0.1) is 11.4 Å². The SMILES string of the molecule is CC(C)N(CC(=O)O)C(=O)CSCc1ccccn1. The highest BCUT2D eigenvalue weighted by atomic mass is 32.2. The molecule has 1 aromatic rings. The van der Waals surface area contributed by atoms with Gasteiger partial charge in [-0.1, -0.05) is 6.07 Å². The Morgan fingerprint density at radius 3 is 2.68 bits per heavy atom. The molecule has 104 valence electrons. The number of aliphatic carboxylic acids is 1. The molecule has 5 nitrogen and oxygen atoms in total. The molecule has 19 heavy (non-hydrogen) atoms. The maximum absolute atomic E-state index is 11.9. The molecule has 0 aromatic carbocycles. The molecule has 6 heteroatoms. The van der Waals surface area contributed by atoms with Crippen molar-refractivity contribution in [2.24, 2.45) is 0 Å². The molecule has 0 spiro atoms. The molecule has 0 fully saturated rings. The van der Waals surface area contributed by atoms with Crippen LogP contribution in [0.1, 0.15) is 19.5 Å². The number of carbonyl (C=O) groups excluding carboxylic acids is 1. The maximum Gasteiger partial charge on any atom is 0.323 e. The minimum Gasteiger partial charge on any atom is -0.480 e. The zero-order valence-electron chi connectivity index (χ0n) is 11.1. The van der Waals surface area contributed by atoms with Crippen molar-refractivity contribution in [2.45, 2.75) is 25.6 Å². The summed E-state index contributed by atoms with van der Waals surface area (Å²) in [6.07, 6.45) is 1.71. The highest BCUT2D eigenvalue weighted by Gasteiger charge is 2.19. The van der Waals surface area contributed by atoms with Gasteiger partial charge in [-0.25, -0.2) is 0 Å². The average molecular weight is 282 g/mol. The Labute approximate surface area is 117 Å².